The standard InChI is InChI=1S/C17H13Cl2P/c18-15-13(11-7-3-1-4-8-11)14(17(20)16(15)19)12-9-5-2-6-10-12/h1-10,16H,20H2. The molecule has 0 nitrogen and oxygen atoms in total. The van der Waals surface area contributed by atoms with Crippen molar-refractivity contribution in [2.45, 2.75) is 5.38 Å². The van der Waals surface area contributed by atoms with E-state index < -0.39 is 0 Å². The second kappa shape index (κ2) is 5.74. The Morgan fingerprint density at radius 1 is 0.750 bits per heavy atom. The molecule has 0 spiro atoms. The van der Waals surface area contributed by atoms with E-state index in [9.17, 15) is 0 Å². The van der Waals surface area contributed by atoms with Crippen LogP contribution in [-0.4, -0.2) is 5.38 Å². The lowest BCUT2D eigenvalue weighted by atomic mass is 9.95. The summed E-state index contributed by atoms with van der Waals surface area (Å²) in [7, 11) is 2.74. The maximum Gasteiger partial charge on any atom is 0.0953 e. The summed E-state index contributed by atoms with van der Waals surface area (Å²) in [6.45, 7) is 0. The number of halogens is 2. The van der Waals surface area contributed by atoms with E-state index in [4.69, 9.17) is 23.2 Å². The van der Waals surface area contributed by atoms with Gasteiger partial charge in [0.15, 0.2) is 0 Å². The van der Waals surface area contributed by atoms with Gasteiger partial charge >= 0.3 is 0 Å². The van der Waals surface area contributed by atoms with E-state index in [1.807, 2.05) is 36.4 Å². The lowest BCUT2D eigenvalue weighted by Crippen LogP contribution is -1.92. The number of rotatable bonds is 2. The Labute approximate surface area is 131 Å². The fourth-order valence-corrected chi connectivity index (χ4v) is 3.58. The van der Waals surface area contributed by atoms with Crippen molar-refractivity contribution in [1.82, 2.24) is 0 Å². The smallest absolute Gasteiger partial charge is 0.0953 e. The molecule has 1 aliphatic carbocycles. The number of allylic oxidation sites excluding steroid dienone is 4. The summed E-state index contributed by atoms with van der Waals surface area (Å²) in [5.74, 6) is 0. The summed E-state index contributed by atoms with van der Waals surface area (Å²) in [4.78, 5) is 0. The molecule has 0 heterocycles. The monoisotopic (exact) mass is 318 g/mol. The fraction of sp³-hybridized carbons (Fsp3) is 0.0588. The van der Waals surface area contributed by atoms with Crippen molar-refractivity contribution in [1.29, 1.82) is 0 Å². The third-order valence-corrected chi connectivity index (χ3v) is 5.20. The highest BCUT2D eigenvalue weighted by atomic mass is 35.5. The normalized spacial score (nSPS) is 18.9. The van der Waals surface area contributed by atoms with Gasteiger partial charge in [-0.15, -0.1) is 20.8 Å². The molecule has 3 rings (SSSR count). The second-order valence-corrected chi connectivity index (χ2v) is 6.11. The van der Waals surface area contributed by atoms with Crippen molar-refractivity contribution in [2.24, 2.45) is 0 Å². The van der Waals surface area contributed by atoms with E-state index in [1.165, 1.54) is 0 Å². The number of benzene rings is 2. The van der Waals surface area contributed by atoms with Gasteiger partial charge in [-0.25, -0.2) is 0 Å². The first-order valence-corrected chi connectivity index (χ1v) is 7.74. The minimum absolute atomic E-state index is 0.271. The largest absolute Gasteiger partial charge is 0.112 e. The molecule has 0 bridgehead atoms. The first-order chi connectivity index (χ1) is 9.70. The molecule has 2 aromatic rings. The first kappa shape index (κ1) is 13.9. The van der Waals surface area contributed by atoms with Crippen molar-refractivity contribution in [3.8, 4) is 0 Å². The highest BCUT2D eigenvalue weighted by Gasteiger charge is 2.30. The molecule has 0 saturated carbocycles. The molecule has 2 atom stereocenters. The lowest BCUT2D eigenvalue weighted by molar-refractivity contribution is 1.38. The summed E-state index contributed by atoms with van der Waals surface area (Å²) in [5.41, 5.74) is 4.38. The van der Waals surface area contributed by atoms with Crippen molar-refractivity contribution in [3.05, 3.63) is 82.1 Å². The van der Waals surface area contributed by atoms with Gasteiger partial charge in [0.25, 0.3) is 0 Å². The van der Waals surface area contributed by atoms with E-state index >= 15 is 0 Å². The zero-order valence-corrected chi connectivity index (χ0v) is 13.4. The molecule has 20 heavy (non-hydrogen) atoms. The highest BCUT2D eigenvalue weighted by molar-refractivity contribution is 7.24. The van der Waals surface area contributed by atoms with Crippen molar-refractivity contribution in [3.63, 3.8) is 0 Å². The Balaban J connectivity index is 2.21. The van der Waals surface area contributed by atoms with E-state index in [-0.39, 0.29) is 5.38 Å². The molecule has 0 fully saturated rings. The Bertz CT molecular complexity index is 626. The predicted octanol–water partition coefficient (Wildman–Crippen LogP) is 5.54. The van der Waals surface area contributed by atoms with Gasteiger partial charge in [-0.3, -0.25) is 0 Å². The molecular weight excluding hydrogens is 306 g/mol. The second-order valence-electron chi connectivity index (χ2n) is 4.65. The van der Waals surface area contributed by atoms with Crippen molar-refractivity contribution >= 4 is 43.6 Å². The topological polar surface area (TPSA) is 0 Å². The molecule has 0 amide bonds. The zero-order chi connectivity index (χ0) is 14.1. The molecule has 3 heteroatoms. The molecule has 2 unspecified atom stereocenters. The first-order valence-electron chi connectivity index (χ1n) is 6.34. The molecule has 0 radical (unpaired) electrons. The van der Waals surface area contributed by atoms with Gasteiger partial charge in [0.1, 0.15) is 0 Å². The van der Waals surface area contributed by atoms with Crippen LogP contribution in [-0.2, 0) is 0 Å². The van der Waals surface area contributed by atoms with Gasteiger partial charge in [0.05, 0.1) is 5.38 Å². The Morgan fingerprint density at radius 2 is 1.20 bits per heavy atom. The zero-order valence-electron chi connectivity index (χ0n) is 10.7. The number of alkyl halides is 1. The summed E-state index contributed by atoms with van der Waals surface area (Å²) < 4.78 is 0. The van der Waals surface area contributed by atoms with Crippen LogP contribution >= 0.6 is 32.4 Å². The van der Waals surface area contributed by atoms with Crippen LogP contribution in [0.2, 0.25) is 0 Å². The van der Waals surface area contributed by atoms with Crippen LogP contribution in [0.3, 0.4) is 0 Å². The molecular formula is C17H13Cl2P. The Morgan fingerprint density at radius 3 is 1.70 bits per heavy atom. The van der Waals surface area contributed by atoms with Crippen LogP contribution < -0.4 is 0 Å². The highest BCUT2D eigenvalue weighted by Crippen LogP contribution is 2.50. The van der Waals surface area contributed by atoms with Crippen molar-refractivity contribution in [2.75, 3.05) is 0 Å². The molecule has 2 aromatic carbocycles. The maximum atomic E-state index is 6.50. The summed E-state index contributed by atoms with van der Waals surface area (Å²) in [5, 5.41) is 1.45. The molecule has 0 saturated heterocycles. The summed E-state index contributed by atoms with van der Waals surface area (Å²) in [6.07, 6.45) is 0. The number of hydrogen-bond donors (Lipinski definition) is 0. The Kier molecular flexibility index (Phi) is 3.98. The van der Waals surface area contributed by atoms with Gasteiger partial charge in [-0.1, -0.05) is 72.3 Å². The quantitative estimate of drug-likeness (QED) is 0.503. The molecule has 1 aliphatic rings. The van der Waals surface area contributed by atoms with Gasteiger partial charge < -0.3 is 0 Å². The van der Waals surface area contributed by atoms with Crippen LogP contribution in [0.15, 0.2) is 71.0 Å². The minimum atomic E-state index is -0.271. The van der Waals surface area contributed by atoms with E-state index in [1.54, 1.807) is 0 Å². The fourth-order valence-electron chi connectivity index (χ4n) is 2.46. The summed E-state index contributed by atoms with van der Waals surface area (Å²) in [6, 6.07) is 20.4. The van der Waals surface area contributed by atoms with E-state index in [0.29, 0.717) is 5.03 Å². The molecule has 0 aliphatic heterocycles. The van der Waals surface area contributed by atoms with Crippen LogP contribution in [0.5, 0.6) is 0 Å². The van der Waals surface area contributed by atoms with E-state index in [0.717, 1.165) is 27.6 Å². The van der Waals surface area contributed by atoms with Crippen molar-refractivity contribution < 1.29 is 0 Å². The average molecular weight is 319 g/mol. The third kappa shape index (κ3) is 2.33. The maximum absolute atomic E-state index is 6.50. The van der Waals surface area contributed by atoms with E-state index in [2.05, 4.69) is 33.5 Å². The van der Waals surface area contributed by atoms with Gasteiger partial charge in [-0.05, 0) is 22.0 Å². The van der Waals surface area contributed by atoms with Crippen LogP contribution in [0.25, 0.3) is 11.1 Å². The summed E-state index contributed by atoms with van der Waals surface area (Å²) >= 11 is 12.9. The minimum Gasteiger partial charge on any atom is -0.112 e. The lowest BCUT2D eigenvalue weighted by Gasteiger charge is -2.11. The Hall–Kier alpha value is -1.07. The average Bonchev–Trinajstić information content (AvgIpc) is 2.73. The SMILES string of the molecule is PC1=C(c2ccccc2)C(c2ccccc2)=C(Cl)C1Cl. The molecule has 100 valence electrons. The number of hydrogen-bond acceptors (Lipinski definition) is 0. The van der Waals surface area contributed by atoms with Gasteiger partial charge in [-0.2, -0.15) is 0 Å². The van der Waals surface area contributed by atoms with Gasteiger partial charge in [0.2, 0.25) is 0 Å². The van der Waals surface area contributed by atoms with Crippen LogP contribution in [0.4, 0.5) is 0 Å². The van der Waals surface area contributed by atoms with Crippen LogP contribution in [0.1, 0.15) is 11.1 Å². The molecule has 0 N–H and O–H groups in total. The third-order valence-electron chi connectivity index (χ3n) is 3.40. The molecule has 0 aromatic heterocycles. The van der Waals surface area contributed by atoms with Crippen LogP contribution in [0, 0.1) is 0 Å². The predicted molar refractivity (Wildman–Crippen MR) is 91.9 cm³/mol. The van der Waals surface area contributed by atoms with Gasteiger partial charge in [0, 0.05) is 10.6 Å².